The number of aliphatic hydroxyl groups excluding tert-OH is 1. The Morgan fingerprint density at radius 2 is 1.74 bits per heavy atom. The molecule has 9 nitrogen and oxygen atoms in total. The van der Waals surface area contributed by atoms with Gasteiger partial charge in [-0.15, -0.1) is 10.2 Å². The van der Waals surface area contributed by atoms with Crippen LogP contribution in [0.2, 0.25) is 0 Å². The van der Waals surface area contributed by atoms with Gasteiger partial charge in [-0.1, -0.05) is 79.3 Å². The number of nitrogens with one attached hydrogen (secondary N) is 2. The van der Waals surface area contributed by atoms with E-state index in [-0.39, 0.29) is 30.8 Å². The maximum Gasteiger partial charge on any atom is 0.315 e. The van der Waals surface area contributed by atoms with Crippen molar-refractivity contribution >= 4 is 17.8 Å². The van der Waals surface area contributed by atoms with Gasteiger partial charge in [0, 0.05) is 37.4 Å². The molecule has 0 saturated carbocycles. The van der Waals surface area contributed by atoms with Crippen LogP contribution in [0.4, 0.5) is 4.79 Å². The van der Waals surface area contributed by atoms with E-state index in [2.05, 4.69) is 52.0 Å². The number of urea groups is 1. The molecule has 4 aromatic rings. The summed E-state index contributed by atoms with van der Waals surface area (Å²) in [6.07, 6.45) is 0.812. The summed E-state index contributed by atoms with van der Waals surface area (Å²) in [5.41, 5.74) is 5.92. The number of hydrogen-bond acceptors (Lipinski definition) is 7. The van der Waals surface area contributed by atoms with Gasteiger partial charge >= 0.3 is 6.03 Å². The van der Waals surface area contributed by atoms with Crippen molar-refractivity contribution in [2.45, 2.75) is 50.7 Å². The van der Waals surface area contributed by atoms with Crippen LogP contribution in [0.5, 0.6) is 0 Å². The molecule has 0 aliphatic carbocycles. The summed E-state index contributed by atoms with van der Waals surface area (Å²) >= 11 is 1.62. The number of benzene rings is 3. The summed E-state index contributed by atoms with van der Waals surface area (Å²) in [5, 5.41) is 24.2. The van der Waals surface area contributed by atoms with Gasteiger partial charge in [0.05, 0.1) is 18.8 Å². The summed E-state index contributed by atoms with van der Waals surface area (Å²) in [6.45, 7) is 5.06. The lowest BCUT2D eigenvalue weighted by Crippen LogP contribution is -2.38. The van der Waals surface area contributed by atoms with Gasteiger partial charge in [-0.25, -0.2) is 4.79 Å². The number of hydrogen-bond donors (Lipinski definition) is 3. The second-order valence-electron chi connectivity index (χ2n) is 10.4. The Hall–Kier alpha value is -3.70. The molecule has 0 radical (unpaired) electrons. The third-order valence-corrected chi connectivity index (χ3v) is 8.50. The molecule has 10 heteroatoms. The number of carbonyl (C=O) groups is 1. The number of amides is 2. The molecule has 3 N–H and O–H groups in total. The average Bonchev–Trinajstić information content (AvgIpc) is 3.44. The van der Waals surface area contributed by atoms with Crippen LogP contribution in [0.15, 0.2) is 84.3 Å². The molecule has 5 rings (SSSR count). The van der Waals surface area contributed by atoms with Crippen LogP contribution in [0.25, 0.3) is 11.1 Å². The predicted molar refractivity (Wildman–Crippen MR) is 162 cm³/mol. The van der Waals surface area contributed by atoms with E-state index < -0.39 is 6.29 Å². The van der Waals surface area contributed by atoms with Gasteiger partial charge < -0.3 is 29.8 Å². The van der Waals surface area contributed by atoms with Crippen molar-refractivity contribution in [2.75, 3.05) is 12.3 Å². The molecule has 1 fully saturated rings. The topological polar surface area (TPSA) is 111 Å². The van der Waals surface area contributed by atoms with Crippen LogP contribution in [-0.4, -0.2) is 44.3 Å². The first kappa shape index (κ1) is 29.8. The zero-order valence-corrected chi connectivity index (χ0v) is 24.9. The second kappa shape index (κ2) is 14.0. The molecular formula is C32H37N5O4S. The molecule has 2 heterocycles. The van der Waals surface area contributed by atoms with Gasteiger partial charge in [0.2, 0.25) is 0 Å². The molecule has 3 aromatic carbocycles. The largest absolute Gasteiger partial charge is 0.392 e. The fourth-order valence-corrected chi connectivity index (χ4v) is 6.05. The van der Waals surface area contributed by atoms with E-state index in [1.807, 2.05) is 67.1 Å². The fraction of sp³-hybridized carbons (Fsp3) is 0.344. The van der Waals surface area contributed by atoms with Gasteiger partial charge in [0.15, 0.2) is 11.4 Å². The van der Waals surface area contributed by atoms with Crippen molar-refractivity contribution in [1.82, 2.24) is 25.4 Å². The average molecular weight is 588 g/mol. The highest BCUT2D eigenvalue weighted by atomic mass is 32.2. The van der Waals surface area contributed by atoms with Crippen LogP contribution in [-0.2, 0) is 29.7 Å². The van der Waals surface area contributed by atoms with Crippen molar-refractivity contribution in [1.29, 1.82) is 0 Å². The minimum absolute atomic E-state index is 0.0000499. The molecule has 0 spiro atoms. The fourth-order valence-electron chi connectivity index (χ4n) is 5.00. The van der Waals surface area contributed by atoms with E-state index in [0.717, 1.165) is 38.5 Å². The van der Waals surface area contributed by atoms with Crippen LogP contribution >= 0.6 is 11.8 Å². The van der Waals surface area contributed by atoms with E-state index in [1.54, 1.807) is 18.1 Å². The number of ether oxygens (including phenoxy) is 2. The number of nitrogens with zero attached hydrogens (tertiary/aromatic N) is 3. The van der Waals surface area contributed by atoms with Crippen molar-refractivity contribution in [2.24, 2.45) is 13.0 Å². The summed E-state index contributed by atoms with van der Waals surface area (Å²) in [5.74, 6) is 0.762. The number of rotatable bonds is 10. The van der Waals surface area contributed by atoms with Gasteiger partial charge in [0.1, 0.15) is 6.33 Å². The second-order valence-corrected chi connectivity index (χ2v) is 11.4. The standard InChI is InChI=1S/C32H37N5O4S/c1-4-33-31(39)34-17-23-7-5-8-25(15-23)26-9-6-10-27(16-26)30-40-28(19-42-32-36-35-20-37(32)3)21(2)29(41-30)24-13-11-22(18-38)12-14-24/h5-16,20-21,28-30,38H,4,17-19H2,1-3H3,(H2,33,34,39)/t21-,28+,29+,30+/m0/s1. The maximum absolute atomic E-state index is 11.9. The Balaban J connectivity index is 1.39. The Morgan fingerprint density at radius 3 is 2.45 bits per heavy atom. The van der Waals surface area contributed by atoms with Crippen LogP contribution in [0, 0.1) is 5.92 Å². The Morgan fingerprint density at radius 1 is 0.976 bits per heavy atom. The molecule has 0 bridgehead atoms. The van der Waals surface area contributed by atoms with E-state index in [1.165, 1.54) is 0 Å². The highest BCUT2D eigenvalue weighted by molar-refractivity contribution is 7.99. The Labute approximate surface area is 250 Å². The lowest BCUT2D eigenvalue weighted by atomic mass is 9.91. The SMILES string of the molecule is CCNC(=O)NCc1cccc(-c2cccc([C@@H]3O[C@H](CSc4nncn4C)[C@H](C)[C@H](c4ccc(CO)cc4)O3)c2)c1. The molecule has 4 atom stereocenters. The van der Waals surface area contributed by atoms with Crippen LogP contribution < -0.4 is 10.6 Å². The predicted octanol–water partition coefficient (Wildman–Crippen LogP) is 5.38. The van der Waals surface area contributed by atoms with Crippen molar-refractivity contribution < 1.29 is 19.4 Å². The number of carbonyl (C=O) groups excluding carboxylic acids is 1. The molecular weight excluding hydrogens is 550 g/mol. The van der Waals surface area contributed by atoms with Crippen LogP contribution in [0.1, 0.15) is 48.5 Å². The number of aliphatic hydroxyl groups is 1. The third kappa shape index (κ3) is 7.19. The van der Waals surface area contributed by atoms with Crippen molar-refractivity contribution in [3.05, 3.63) is 101 Å². The first-order chi connectivity index (χ1) is 20.4. The first-order valence-electron chi connectivity index (χ1n) is 14.1. The van der Waals surface area contributed by atoms with E-state index >= 15 is 0 Å². The number of aryl methyl sites for hydroxylation is 1. The Kier molecular flexibility index (Phi) is 9.91. The lowest BCUT2D eigenvalue weighted by Gasteiger charge is -2.41. The molecule has 2 amide bonds. The van der Waals surface area contributed by atoms with Crippen LogP contribution in [0.3, 0.4) is 0 Å². The van der Waals surface area contributed by atoms with E-state index in [0.29, 0.717) is 18.8 Å². The molecule has 1 aliphatic heterocycles. The Bertz CT molecular complexity index is 1480. The van der Waals surface area contributed by atoms with Crippen molar-refractivity contribution in [3.8, 4) is 11.1 Å². The number of thioether (sulfide) groups is 1. The van der Waals surface area contributed by atoms with E-state index in [9.17, 15) is 9.90 Å². The minimum atomic E-state index is -0.573. The summed E-state index contributed by atoms with van der Waals surface area (Å²) in [4.78, 5) is 11.9. The molecule has 1 aromatic heterocycles. The molecule has 1 saturated heterocycles. The van der Waals surface area contributed by atoms with Gasteiger partial charge in [-0.2, -0.15) is 0 Å². The molecule has 220 valence electrons. The summed E-state index contributed by atoms with van der Waals surface area (Å²) < 4.78 is 15.2. The highest BCUT2D eigenvalue weighted by Crippen LogP contribution is 2.43. The smallest absolute Gasteiger partial charge is 0.315 e. The third-order valence-electron chi connectivity index (χ3n) is 7.38. The molecule has 1 aliphatic rings. The normalized spacial score (nSPS) is 20.3. The van der Waals surface area contributed by atoms with E-state index in [4.69, 9.17) is 9.47 Å². The monoisotopic (exact) mass is 587 g/mol. The molecule has 0 unspecified atom stereocenters. The molecule has 42 heavy (non-hydrogen) atoms. The minimum Gasteiger partial charge on any atom is -0.392 e. The quantitative estimate of drug-likeness (QED) is 0.214. The van der Waals surface area contributed by atoms with Gasteiger partial charge in [0.25, 0.3) is 0 Å². The zero-order valence-electron chi connectivity index (χ0n) is 24.1. The van der Waals surface area contributed by atoms with Gasteiger partial charge in [-0.05, 0) is 46.9 Å². The lowest BCUT2D eigenvalue weighted by molar-refractivity contribution is -0.268. The number of aromatic nitrogens is 3. The first-order valence-corrected chi connectivity index (χ1v) is 15.1. The zero-order chi connectivity index (χ0) is 29.5. The van der Waals surface area contributed by atoms with Crippen molar-refractivity contribution in [3.63, 3.8) is 0 Å². The summed E-state index contributed by atoms with van der Waals surface area (Å²) in [7, 11) is 1.93. The van der Waals surface area contributed by atoms with Gasteiger partial charge in [-0.3, -0.25) is 0 Å². The summed E-state index contributed by atoms with van der Waals surface area (Å²) in [6, 6.07) is 24.1. The highest BCUT2D eigenvalue weighted by Gasteiger charge is 2.38. The maximum atomic E-state index is 11.9.